The predicted molar refractivity (Wildman–Crippen MR) is 67.7 cm³/mol. The number of rotatable bonds is 11. The third kappa shape index (κ3) is 10.2. The van der Waals surface area contributed by atoms with Crippen molar-refractivity contribution in [2.75, 3.05) is 0 Å². The van der Waals surface area contributed by atoms with Gasteiger partial charge >= 0.3 is 0 Å². The summed E-state index contributed by atoms with van der Waals surface area (Å²) >= 11 is 0. The average molecular weight is 213 g/mol. The summed E-state index contributed by atoms with van der Waals surface area (Å²) in [7, 11) is 3.58. The molecule has 0 aliphatic carbocycles. The van der Waals surface area contributed by atoms with E-state index in [-0.39, 0.29) is 0 Å². The third-order valence-electron chi connectivity index (χ3n) is 3.00. The summed E-state index contributed by atoms with van der Waals surface area (Å²) in [5.41, 5.74) is 0. The zero-order valence-electron chi connectivity index (χ0n) is 10.8. The summed E-state index contributed by atoms with van der Waals surface area (Å²) in [6.45, 7) is 4.50. The molecular formula is C14H29O. The van der Waals surface area contributed by atoms with Crippen LogP contribution in [0.4, 0.5) is 0 Å². The number of ether oxygens (including phenoxy) is 1. The van der Waals surface area contributed by atoms with E-state index in [2.05, 4.69) is 21.0 Å². The lowest BCUT2D eigenvalue weighted by atomic mass is 10.0. The molecule has 1 atom stereocenters. The topological polar surface area (TPSA) is 9.23 Å². The van der Waals surface area contributed by atoms with Crippen LogP contribution in [0, 0.1) is 7.11 Å². The van der Waals surface area contributed by atoms with Gasteiger partial charge in [0.2, 0.25) is 0 Å². The summed E-state index contributed by atoms with van der Waals surface area (Å²) < 4.78 is 5.25. The lowest BCUT2D eigenvalue weighted by molar-refractivity contribution is 0.115. The van der Waals surface area contributed by atoms with Gasteiger partial charge in [0.05, 0.1) is 13.2 Å². The maximum Gasteiger partial charge on any atom is 0.0704 e. The third-order valence-corrected chi connectivity index (χ3v) is 3.00. The van der Waals surface area contributed by atoms with Crippen LogP contribution < -0.4 is 0 Å². The molecule has 0 saturated heterocycles. The minimum Gasteiger partial charge on any atom is -0.376 e. The Morgan fingerprint density at radius 3 is 1.80 bits per heavy atom. The first-order valence-electron chi connectivity index (χ1n) is 6.76. The maximum atomic E-state index is 5.25. The second kappa shape index (κ2) is 12.0. The van der Waals surface area contributed by atoms with Crippen LogP contribution in [0.1, 0.15) is 78.1 Å². The number of hydrogen-bond donors (Lipinski definition) is 0. The highest BCUT2D eigenvalue weighted by Gasteiger charge is 2.05. The van der Waals surface area contributed by atoms with Gasteiger partial charge in [0, 0.05) is 0 Å². The second-order valence-electron chi connectivity index (χ2n) is 4.49. The Balaban J connectivity index is 3.28. The van der Waals surface area contributed by atoms with Crippen molar-refractivity contribution in [3.8, 4) is 0 Å². The smallest absolute Gasteiger partial charge is 0.0704 e. The molecule has 1 heteroatoms. The minimum atomic E-state index is 0.415. The van der Waals surface area contributed by atoms with Crippen LogP contribution >= 0.6 is 0 Å². The normalized spacial score (nSPS) is 13.0. The van der Waals surface area contributed by atoms with Crippen molar-refractivity contribution in [2.24, 2.45) is 0 Å². The molecule has 15 heavy (non-hydrogen) atoms. The van der Waals surface area contributed by atoms with E-state index in [1.165, 1.54) is 64.2 Å². The Hall–Kier alpha value is -0.0400. The zero-order valence-corrected chi connectivity index (χ0v) is 10.8. The molecule has 0 spiro atoms. The van der Waals surface area contributed by atoms with Gasteiger partial charge in [-0.05, 0) is 12.8 Å². The first kappa shape index (κ1) is 15.0. The van der Waals surface area contributed by atoms with Gasteiger partial charge in [-0.25, -0.2) is 0 Å². The van der Waals surface area contributed by atoms with Gasteiger partial charge < -0.3 is 4.74 Å². The molecule has 0 bridgehead atoms. The van der Waals surface area contributed by atoms with Gasteiger partial charge in [-0.3, -0.25) is 0 Å². The van der Waals surface area contributed by atoms with Crippen molar-refractivity contribution in [3.05, 3.63) is 7.11 Å². The summed E-state index contributed by atoms with van der Waals surface area (Å²) in [6.07, 6.45) is 13.5. The van der Waals surface area contributed by atoms with E-state index >= 15 is 0 Å². The van der Waals surface area contributed by atoms with Gasteiger partial charge in [0.25, 0.3) is 0 Å². The van der Waals surface area contributed by atoms with Gasteiger partial charge in [0.15, 0.2) is 0 Å². The standard InChI is InChI=1S/C14H29O/c1-4-6-8-9-11-13-14(15-3)12-10-7-5-2/h14H,3-13H2,1-2H3. The fourth-order valence-electron chi connectivity index (χ4n) is 1.91. The highest BCUT2D eigenvalue weighted by molar-refractivity contribution is 4.59. The molecule has 1 radical (unpaired) electrons. The minimum absolute atomic E-state index is 0.415. The molecular weight excluding hydrogens is 184 g/mol. The molecule has 0 aliphatic rings. The molecule has 0 amide bonds. The molecule has 0 rings (SSSR count). The van der Waals surface area contributed by atoms with E-state index in [1.54, 1.807) is 0 Å². The van der Waals surface area contributed by atoms with Crippen LogP contribution in [0.25, 0.3) is 0 Å². The molecule has 0 heterocycles. The fourth-order valence-corrected chi connectivity index (χ4v) is 1.91. The Morgan fingerprint density at radius 2 is 1.27 bits per heavy atom. The van der Waals surface area contributed by atoms with Crippen LogP contribution in [0.3, 0.4) is 0 Å². The lowest BCUT2D eigenvalue weighted by Gasteiger charge is -2.14. The summed E-state index contributed by atoms with van der Waals surface area (Å²) in [5, 5.41) is 0. The van der Waals surface area contributed by atoms with Crippen LogP contribution in [0.15, 0.2) is 0 Å². The van der Waals surface area contributed by atoms with E-state index in [4.69, 9.17) is 4.74 Å². The summed E-state index contributed by atoms with van der Waals surface area (Å²) in [6, 6.07) is 0. The molecule has 91 valence electrons. The summed E-state index contributed by atoms with van der Waals surface area (Å²) in [4.78, 5) is 0. The van der Waals surface area contributed by atoms with Crippen molar-refractivity contribution in [3.63, 3.8) is 0 Å². The number of hydrogen-bond acceptors (Lipinski definition) is 1. The molecule has 0 aromatic rings. The highest BCUT2D eigenvalue weighted by Crippen LogP contribution is 2.14. The van der Waals surface area contributed by atoms with Crippen molar-refractivity contribution < 1.29 is 4.74 Å². The molecule has 1 nitrogen and oxygen atoms in total. The Bertz CT molecular complexity index is 112. The number of unbranched alkanes of at least 4 members (excludes halogenated alkanes) is 6. The molecule has 0 fully saturated rings. The fraction of sp³-hybridized carbons (Fsp3) is 0.929. The van der Waals surface area contributed by atoms with Crippen LogP contribution in [-0.4, -0.2) is 6.10 Å². The molecule has 1 unspecified atom stereocenters. The summed E-state index contributed by atoms with van der Waals surface area (Å²) in [5.74, 6) is 0. The van der Waals surface area contributed by atoms with Crippen molar-refractivity contribution in [1.82, 2.24) is 0 Å². The Kier molecular flexibility index (Phi) is 12.0. The van der Waals surface area contributed by atoms with Crippen molar-refractivity contribution in [2.45, 2.75) is 84.2 Å². The van der Waals surface area contributed by atoms with Crippen molar-refractivity contribution in [1.29, 1.82) is 0 Å². The first-order valence-corrected chi connectivity index (χ1v) is 6.76. The second-order valence-corrected chi connectivity index (χ2v) is 4.49. The van der Waals surface area contributed by atoms with Crippen molar-refractivity contribution >= 4 is 0 Å². The van der Waals surface area contributed by atoms with Gasteiger partial charge in [-0.15, -0.1) is 0 Å². The highest BCUT2D eigenvalue weighted by atomic mass is 16.5. The van der Waals surface area contributed by atoms with Crippen LogP contribution in [-0.2, 0) is 4.74 Å². The van der Waals surface area contributed by atoms with Crippen LogP contribution in [0.2, 0.25) is 0 Å². The average Bonchev–Trinajstić information content (AvgIpc) is 2.26. The Morgan fingerprint density at radius 1 is 0.800 bits per heavy atom. The van der Waals surface area contributed by atoms with E-state index in [1.807, 2.05) is 0 Å². The Labute approximate surface area is 96.6 Å². The molecule has 0 saturated carbocycles. The largest absolute Gasteiger partial charge is 0.376 e. The van der Waals surface area contributed by atoms with Gasteiger partial charge in [-0.2, -0.15) is 0 Å². The predicted octanol–water partition coefficient (Wildman–Crippen LogP) is 5.10. The molecule has 0 aromatic carbocycles. The van der Waals surface area contributed by atoms with Gasteiger partial charge in [0.1, 0.15) is 0 Å². The van der Waals surface area contributed by atoms with Gasteiger partial charge in [-0.1, -0.05) is 65.2 Å². The lowest BCUT2D eigenvalue weighted by Crippen LogP contribution is -2.09. The monoisotopic (exact) mass is 213 g/mol. The zero-order chi connectivity index (χ0) is 11.4. The SMILES string of the molecule is [CH2]OC(CCCCC)CCCCCCC. The first-order chi connectivity index (χ1) is 7.35. The van der Waals surface area contributed by atoms with E-state index < -0.39 is 0 Å². The molecule has 0 N–H and O–H groups in total. The van der Waals surface area contributed by atoms with E-state index in [9.17, 15) is 0 Å². The van der Waals surface area contributed by atoms with Crippen LogP contribution in [0.5, 0.6) is 0 Å². The molecule has 0 aromatic heterocycles. The maximum absolute atomic E-state index is 5.25. The van der Waals surface area contributed by atoms with E-state index in [0.717, 1.165) is 0 Å². The van der Waals surface area contributed by atoms with E-state index in [0.29, 0.717) is 6.10 Å². The quantitative estimate of drug-likeness (QED) is 0.434. The molecule has 0 aliphatic heterocycles.